The van der Waals surface area contributed by atoms with Crippen LogP contribution in [0.4, 0.5) is 0 Å². The van der Waals surface area contributed by atoms with E-state index in [2.05, 4.69) is 74.7 Å². The minimum absolute atomic E-state index is 0.977. The van der Waals surface area contributed by atoms with Crippen LogP contribution >= 0.6 is 11.3 Å². The highest BCUT2D eigenvalue weighted by atomic mass is 32.1. The largest absolute Gasteiger partial charge is 0.454 e. The Morgan fingerprint density at radius 1 is 0.783 bits per heavy atom. The van der Waals surface area contributed by atoms with Crippen LogP contribution in [0.5, 0.6) is 0 Å². The second-order valence-corrected chi connectivity index (χ2v) is 7.00. The molecule has 0 aliphatic carbocycles. The third-order valence-electron chi connectivity index (χ3n) is 4.27. The molecule has 4 rings (SSSR count). The topological polar surface area (TPSA) is 13.1 Å². The third-order valence-corrected chi connectivity index (χ3v) is 5.14. The smallest absolute Gasteiger partial charge is 0.152 e. The van der Waals surface area contributed by atoms with Crippen molar-refractivity contribution in [3.8, 4) is 22.0 Å². The van der Waals surface area contributed by atoms with Crippen molar-refractivity contribution < 1.29 is 4.42 Å². The number of furan rings is 1. The van der Waals surface area contributed by atoms with E-state index in [-0.39, 0.29) is 0 Å². The van der Waals surface area contributed by atoms with Gasteiger partial charge in [0.25, 0.3) is 0 Å². The molecule has 0 aliphatic heterocycles. The van der Waals surface area contributed by atoms with Crippen molar-refractivity contribution in [2.75, 3.05) is 0 Å². The molecule has 0 unspecified atom stereocenters. The Labute approximate surface area is 140 Å². The maximum atomic E-state index is 6.41. The van der Waals surface area contributed by atoms with Crippen LogP contribution in [0.15, 0.2) is 58.3 Å². The molecule has 0 N–H and O–H groups in total. The Kier molecular flexibility index (Phi) is 3.35. The average Bonchev–Trinajstić information content (AvgIpc) is 3.14. The number of hydrogen-bond donors (Lipinski definition) is 0. The molecule has 114 valence electrons. The lowest BCUT2D eigenvalue weighted by Crippen LogP contribution is -1.89. The molecule has 0 saturated carbocycles. The van der Waals surface area contributed by atoms with Crippen molar-refractivity contribution in [3.63, 3.8) is 0 Å². The summed E-state index contributed by atoms with van der Waals surface area (Å²) in [5, 5.41) is 4.46. The molecule has 0 bridgehead atoms. The van der Waals surface area contributed by atoms with Crippen LogP contribution in [0, 0.1) is 20.8 Å². The van der Waals surface area contributed by atoms with Gasteiger partial charge in [0.15, 0.2) is 5.76 Å². The maximum Gasteiger partial charge on any atom is 0.152 e. The predicted octanol–water partition coefficient (Wildman–Crippen LogP) is 6.75. The summed E-state index contributed by atoms with van der Waals surface area (Å²) in [5.41, 5.74) is 5.03. The first-order valence-electron chi connectivity index (χ1n) is 7.79. The van der Waals surface area contributed by atoms with Crippen LogP contribution in [0.1, 0.15) is 16.7 Å². The lowest BCUT2D eigenvalue weighted by molar-refractivity contribution is 0.602. The van der Waals surface area contributed by atoms with Gasteiger partial charge in [-0.3, -0.25) is 0 Å². The molecule has 4 aromatic rings. The van der Waals surface area contributed by atoms with E-state index in [0.717, 1.165) is 11.5 Å². The van der Waals surface area contributed by atoms with Crippen LogP contribution < -0.4 is 0 Å². The van der Waals surface area contributed by atoms with E-state index in [1.165, 1.54) is 37.9 Å². The van der Waals surface area contributed by atoms with Gasteiger partial charge in [-0.15, -0.1) is 11.3 Å². The Bertz CT molecular complexity index is 967. The molecule has 0 spiro atoms. The highest BCUT2D eigenvalue weighted by Crippen LogP contribution is 2.42. The minimum Gasteiger partial charge on any atom is -0.454 e. The number of rotatable bonds is 2. The Hall–Kier alpha value is -2.32. The van der Waals surface area contributed by atoms with Crippen LogP contribution in [-0.4, -0.2) is 0 Å². The van der Waals surface area contributed by atoms with Gasteiger partial charge in [-0.05, 0) is 43.3 Å². The van der Waals surface area contributed by atoms with Crippen molar-refractivity contribution in [2.24, 2.45) is 0 Å². The molecular weight excluding hydrogens is 300 g/mol. The Balaban J connectivity index is 2.06. The lowest BCUT2D eigenvalue weighted by atomic mass is 9.96. The fraction of sp³-hybridized carbons (Fsp3) is 0.143. The monoisotopic (exact) mass is 318 g/mol. The summed E-state index contributed by atoms with van der Waals surface area (Å²) in [6, 6.07) is 17.1. The zero-order chi connectivity index (χ0) is 16.0. The molecule has 23 heavy (non-hydrogen) atoms. The quantitative estimate of drug-likeness (QED) is 0.398. The summed E-state index contributed by atoms with van der Waals surface area (Å²) >= 11 is 1.72. The number of thiophene rings is 1. The predicted molar refractivity (Wildman–Crippen MR) is 99.2 cm³/mol. The third kappa shape index (κ3) is 2.30. The van der Waals surface area contributed by atoms with Gasteiger partial charge in [-0.1, -0.05) is 48.0 Å². The molecule has 2 heterocycles. The summed E-state index contributed by atoms with van der Waals surface area (Å²) in [4.78, 5) is 1.18. The van der Waals surface area contributed by atoms with Gasteiger partial charge in [0.2, 0.25) is 0 Å². The van der Waals surface area contributed by atoms with E-state index in [0.29, 0.717) is 0 Å². The van der Waals surface area contributed by atoms with Crippen molar-refractivity contribution >= 4 is 22.1 Å². The van der Waals surface area contributed by atoms with E-state index >= 15 is 0 Å². The van der Waals surface area contributed by atoms with E-state index < -0.39 is 0 Å². The van der Waals surface area contributed by atoms with E-state index in [1.54, 1.807) is 11.3 Å². The van der Waals surface area contributed by atoms with Crippen molar-refractivity contribution in [3.05, 3.63) is 70.6 Å². The van der Waals surface area contributed by atoms with Gasteiger partial charge in [0.1, 0.15) is 5.76 Å². The van der Waals surface area contributed by atoms with Crippen LogP contribution in [0.25, 0.3) is 32.7 Å². The number of aryl methyl sites for hydroxylation is 3. The highest BCUT2D eigenvalue weighted by molar-refractivity contribution is 7.13. The van der Waals surface area contributed by atoms with Crippen molar-refractivity contribution in [1.82, 2.24) is 0 Å². The molecule has 0 atom stereocenters. The molecule has 2 heteroatoms. The summed E-state index contributed by atoms with van der Waals surface area (Å²) < 4.78 is 6.41. The van der Waals surface area contributed by atoms with Gasteiger partial charge >= 0.3 is 0 Å². The molecule has 1 nitrogen and oxygen atoms in total. The molecule has 2 aromatic carbocycles. The number of hydrogen-bond acceptors (Lipinski definition) is 2. The zero-order valence-electron chi connectivity index (χ0n) is 13.5. The first-order valence-corrected chi connectivity index (χ1v) is 8.67. The van der Waals surface area contributed by atoms with E-state index in [1.807, 2.05) is 0 Å². The maximum absolute atomic E-state index is 6.41. The lowest BCUT2D eigenvalue weighted by Gasteiger charge is -2.09. The van der Waals surface area contributed by atoms with Crippen molar-refractivity contribution in [2.45, 2.75) is 20.8 Å². The summed E-state index contributed by atoms with van der Waals surface area (Å²) in [7, 11) is 0. The average molecular weight is 318 g/mol. The van der Waals surface area contributed by atoms with Gasteiger partial charge in [0.05, 0.1) is 4.88 Å². The Morgan fingerprint density at radius 2 is 1.43 bits per heavy atom. The molecular formula is C21H18OS. The van der Waals surface area contributed by atoms with Gasteiger partial charge in [-0.25, -0.2) is 0 Å². The van der Waals surface area contributed by atoms with Gasteiger partial charge in [-0.2, -0.15) is 0 Å². The van der Waals surface area contributed by atoms with E-state index in [4.69, 9.17) is 4.42 Å². The summed E-state index contributed by atoms with van der Waals surface area (Å²) in [6.45, 7) is 6.47. The fourth-order valence-corrected chi connectivity index (χ4v) is 4.13. The van der Waals surface area contributed by atoms with E-state index in [9.17, 15) is 0 Å². The van der Waals surface area contributed by atoms with Crippen LogP contribution in [0.3, 0.4) is 0 Å². The first kappa shape index (κ1) is 14.3. The molecule has 0 radical (unpaired) electrons. The number of benzene rings is 2. The van der Waals surface area contributed by atoms with Crippen molar-refractivity contribution in [1.29, 1.82) is 0 Å². The minimum atomic E-state index is 0.977. The van der Waals surface area contributed by atoms with Gasteiger partial charge < -0.3 is 4.42 Å². The first-order chi connectivity index (χ1) is 11.1. The standard InChI is InChI=1S/C21H18OS/c1-13-11-14(2)19(15(3)12-13)21-17-8-5-4-7-16(17)20(22-21)18-9-6-10-23-18/h4-12H,1-3H3. The summed E-state index contributed by atoms with van der Waals surface area (Å²) in [5.74, 6) is 1.96. The second-order valence-electron chi connectivity index (χ2n) is 6.06. The molecule has 0 saturated heterocycles. The molecule has 0 aliphatic rings. The number of fused-ring (bicyclic) bond motifs is 1. The SMILES string of the molecule is Cc1cc(C)c(-c2oc(-c3cccs3)c3ccccc23)c(C)c1. The van der Waals surface area contributed by atoms with Crippen LogP contribution in [0.2, 0.25) is 0 Å². The summed E-state index contributed by atoms with van der Waals surface area (Å²) in [6.07, 6.45) is 0. The highest BCUT2D eigenvalue weighted by Gasteiger charge is 2.19. The fourth-order valence-electron chi connectivity index (χ4n) is 3.41. The zero-order valence-corrected chi connectivity index (χ0v) is 14.3. The molecule has 0 amide bonds. The van der Waals surface area contributed by atoms with Crippen LogP contribution in [-0.2, 0) is 0 Å². The normalized spacial score (nSPS) is 11.3. The second kappa shape index (κ2) is 5.39. The molecule has 0 fully saturated rings. The van der Waals surface area contributed by atoms with Gasteiger partial charge in [0, 0.05) is 16.3 Å². The Morgan fingerprint density at radius 3 is 2.04 bits per heavy atom. The molecule has 2 aromatic heterocycles.